The van der Waals surface area contributed by atoms with Crippen LogP contribution in [0, 0.1) is 6.85 Å². The minimum atomic E-state index is -2.07. The molecule has 2 aromatic rings. The van der Waals surface area contributed by atoms with Crippen LogP contribution in [0.15, 0.2) is 42.6 Å². The summed E-state index contributed by atoms with van der Waals surface area (Å²) in [6.07, 6.45) is 3.82. The topological polar surface area (TPSA) is 7.12 Å². The molecule has 1 aliphatic rings. The largest absolute Gasteiger partial charge is 0.411 e. The van der Waals surface area contributed by atoms with Crippen molar-refractivity contribution in [1.29, 1.82) is 0 Å². The Morgan fingerprint density at radius 3 is 2.68 bits per heavy atom. The first kappa shape index (κ1) is 8.97. The highest BCUT2D eigenvalue weighted by Gasteiger charge is 2.28. The molecular weight excluding hydrogens is 231 g/mol. The predicted molar refractivity (Wildman–Crippen MR) is 80.1 cm³/mol. The molecule has 0 unspecified atom stereocenters. The molecule has 19 heavy (non-hydrogen) atoms. The summed E-state index contributed by atoms with van der Waals surface area (Å²) in [7, 11) is 3.93. The van der Waals surface area contributed by atoms with E-state index in [-0.39, 0.29) is 6.85 Å². The Morgan fingerprint density at radius 2 is 1.95 bits per heavy atom. The molecule has 1 aromatic heterocycles. The molecule has 2 heterocycles. The standard InChI is InChI=1S/C16H18BN2/c1-13-8-9-16(18(2)11-13)17-10-14-6-4-5-7-15(14)12-19(17)3/h4-12H,1-3H3/q+1/i1D3. The summed E-state index contributed by atoms with van der Waals surface area (Å²) in [5, 5.41) is 2.40. The van der Waals surface area contributed by atoms with Gasteiger partial charge in [0.15, 0.2) is 11.8 Å². The zero-order chi connectivity index (χ0) is 15.9. The third kappa shape index (κ3) is 2.16. The second kappa shape index (κ2) is 4.58. The van der Waals surface area contributed by atoms with Crippen molar-refractivity contribution in [3.8, 4) is 0 Å². The lowest BCUT2D eigenvalue weighted by atomic mass is 9.55. The van der Waals surface area contributed by atoms with Crippen LogP contribution in [0.2, 0.25) is 0 Å². The maximum Gasteiger partial charge on any atom is 0.396 e. The fourth-order valence-electron chi connectivity index (χ4n) is 2.59. The number of hydrogen-bond acceptors (Lipinski definition) is 1. The Hall–Kier alpha value is -2.03. The van der Waals surface area contributed by atoms with Gasteiger partial charge in [0, 0.05) is 9.68 Å². The van der Waals surface area contributed by atoms with Crippen LogP contribution in [0.4, 0.5) is 0 Å². The molecule has 1 aromatic carbocycles. The van der Waals surface area contributed by atoms with Gasteiger partial charge in [0.2, 0.25) is 0 Å². The van der Waals surface area contributed by atoms with E-state index in [0.29, 0.717) is 5.56 Å². The highest BCUT2D eigenvalue weighted by molar-refractivity contribution is 6.82. The van der Waals surface area contributed by atoms with Crippen molar-refractivity contribution in [2.75, 3.05) is 7.05 Å². The molecule has 0 radical (unpaired) electrons. The molecule has 2 nitrogen and oxygen atoms in total. The van der Waals surface area contributed by atoms with Gasteiger partial charge in [-0.25, -0.2) is 4.57 Å². The van der Waals surface area contributed by atoms with Gasteiger partial charge in [-0.2, -0.15) is 0 Å². The van der Waals surface area contributed by atoms with E-state index in [1.807, 2.05) is 36.9 Å². The van der Waals surface area contributed by atoms with E-state index < -0.39 is 6.85 Å². The van der Waals surface area contributed by atoms with Crippen molar-refractivity contribution in [2.45, 2.75) is 6.85 Å². The second-order valence-corrected chi connectivity index (χ2v) is 4.99. The van der Waals surface area contributed by atoms with E-state index in [1.165, 1.54) is 10.4 Å². The molecule has 3 heteroatoms. The van der Waals surface area contributed by atoms with Gasteiger partial charge in [-0.1, -0.05) is 30.2 Å². The number of aryl methyl sites for hydroxylation is 2. The number of rotatable bonds is 1. The van der Waals surface area contributed by atoms with Crippen LogP contribution in [-0.2, 0) is 7.05 Å². The SMILES string of the molecule is [2H]C([2H])([2H])c1ccc(B2C=c3ccccc3=CN2C)[n+](C)c1. The average molecular weight is 252 g/mol. The van der Waals surface area contributed by atoms with Crippen molar-refractivity contribution < 1.29 is 8.68 Å². The van der Waals surface area contributed by atoms with Gasteiger partial charge in [0.1, 0.15) is 7.05 Å². The van der Waals surface area contributed by atoms with Crippen LogP contribution in [0.25, 0.3) is 12.2 Å². The predicted octanol–water partition coefficient (Wildman–Crippen LogP) is -0.279. The van der Waals surface area contributed by atoms with E-state index in [2.05, 4.69) is 29.1 Å². The van der Waals surface area contributed by atoms with Crippen LogP contribution < -0.4 is 20.6 Å². The Balaban J connectivity index is 2.07. The molecule has 94 valence electrons. The van der Waals surface area contributed by atoms with Gasteiger partial charge in [0.25, 0.3) is 0 Å². The second-order valence-electron chi connectivity index (χ2n) is 4.99. The normalized spacial score (nSPS) is 16.6. The lowest BCUT2D eigenvalue weighted by Crippen LogP contribution is -2.60. The summed E-state index contributed by atoms with van der Waals surface area (Å²) in [6, 6.07) is 11.9. The maximum atomic E-state index is 7.52. The minimum Gasteiger partial charge on any atom is -0.411 e. The lowest BCUT2D eigenvalue weighted by molar-refractivity contribution is -0.654. The molecule has 0 bridgehead atoms. The summed E-state index contributed by atoms with van der Waals surface area (Å²) >= 11 is 0. The summed E-state index contributed by atoms with van der Waals surface area (Å²) in [6.45, 7) is -1.98. The number of benzene rings is 1. The third-order valence-electron chi connectivity index (χ3n) is 3.59. The van der Waals surface area contributed by atoms with Crippen molar-refractivity contribution >= 4 is 24.6 Å². The number of fused-ring (bicyclic) bond motifs is 1. The monoisotopic (exact) mass is 252 g/mol. The molecule has 0 N–H and O–H groups in total. The highest BCUT2D eigenvalue weighted by atomic mass is 15.0. The zero-order valence-electron chi connectivity index (χ0n) is 14.2. The van der Waals surface area contributed by atoms with E-state index in [4.69, 9.17) is 4.11 Å². The molecule has 0 saturated carbocycles. The molecule has 0 atom stereocenters. The van der Waals surface area contributed by atoms with Gasteiger partial charge in [-0.15, -0.1) is 0 Å². The Labute approximate surface area is 118 Å². The summed E-state index contributed by atoms with van der Waals surface area (Å²) in [4.78, 5) is 2.15. The first-order valence-corrected chi connectivity index (χ1v) is 6.37. The Morgan fingerprint density at radius 1 is 1.16 bits per heavy atom. The van der Waals surface area contributed by atoms with E-state index in [9.17, 15) is 0 Å². The fraction of sp³-hybridized carbons (Fsp3) is 0.188. The third-order valence-corrected chi connectivity index (χ3v) is 3.59. The van der Waals surface area contributed by atoms with E-state index in [0.717, 1.165) is 5.59 Å². The molecule has 0 spiro atoms. The number of hydrogen-bond donors (Lipinski definition) is 0. The van der Waals surface area contributed by atoms with Gasteiger partial charge < -0.3 is 4.81 Å². The molecule has 1 aliphatic heterocycles. The molecule has 0 amide bonds. The highest BCUT2D eigenvalue weighted by Crippen LogP contribution is 1.98. The van der Waals surface area contributed by atoms with Crippen LogP contribution >= 0.6 is 0 Å². The fourth-order valence-corrected chi connectivity index (χ4v) is 2.59. The van der Waals surface area contributed by atoms with Gasteiger partial charge in [-0.3, -0.25) is 0 Å². The minimum absolute atomic E-state index is 0.0885. The Kier molecular flexibility index (Phi) is 2.16. The van der Waals surface area contributed by atoms with E-state index >= 15 is 0 Å². The molecule has 0 aliphatic carbocycles. The first-order chi connectivity index (χ1) is 10.4. The summed E-state index contributed by atoms with van der Waals surface area (Å²) in [5.41, 5.74) is 1.42. The Bertz CT molecular complexity index is 830. The van der Waals surface area contributed by atoms with Crippen LogP contribution in [0.3, 0.4) is 0 Å². The lowest BCUT2D eigenvalue weighted by Gasteiger charge is -2.21. The zero-order valence-corrected chi connectivity index (χ0v) is 11.2. The number of pyridine rings is 1. The van der Waals surface area contributed by atoms with Gasteiger partial charge in [0.05, 0.1) is 0 Å². The number of aromatic nitrogens is 1. The molecular formula is C16H18BN2+. The van der Waals surface area contributed by atoms with Gasteiger partial charge in [-0.05, 0) is 42.7 Å². The average Bonchev–Trinajstić information content (AvgIpc) is 2.46. The van der Waals surface area contributed by atoms with Crippen LogP contribution in [-0.4, -0.2) is 18.7 Å². The van der Waals surface area contributed by atoms with Gasteiger partial charge >= 0.3 is 6.85 Å². The van der Waals surface area contributed by atoms with Crippen molar-refractivity contribution in [1.82, 2.24) is 4.81 Å². The molecule has 0 saturated heterocycles. The smallest absolute Gasteiger partial charge is 0.396 e. The van der Waals surface area contributed by atoms with Crippen LogP contribution in [0.5, 0.6) is 0 Å². The van der Waals surface area contributed by atoms with Crippen LogP contribution in [0.1, 0.15) is 9.68 Å². The quantitative estimate of drug-likeness (QED) is 0.500. The summed E-state index contributed by atoms with van der Waals surface area (Å²) in [5.74, 6) is 2.21. The van der Waals surface area contributed by atoms with Crippen molar-refractivity contribution in [3.63, 3.8) is 0 Å². The van der Waals surface area contributed by atoms with E-state index in [1.54, 1.807) is 12.3 Å². The first-order valence-electron chi connectivity index (χ1n) is 7.87. The maximum absolute atomic E-state index is 7.52. The van der Waals surface area contributed by atoms with Crippen molar-refractivity contribution in [2.24, 2.45) is 7.05 Å². The number of nitrogens with zero attached hydrogens (tertiary/aromatic N) is 2. The van der Waals surface area contributed by atoms with Crippen molar-refractivity contribution in [3.05, 3.63) is 58.6 Å². The molecule has 0 fully saturated rings. The molecule has 3 rings (SSSR count). The summed E-state index contributed by atoms with van der Waals surface area (Å²) < 4.78 is 24.5.